The average Bonchev–Trinajstić information content (AvgIpc) is 2.59. The maximum atomic E-state index is 12.3. The summed E-state index contributed by atoms with van der Waals surface area (Å²) in [5.74, 6) is -4.87. The quantitative estimate of drug-likeness (QED) is 0.172. The van der Waals surface area contributed by atoms with Crippen LogP contribution in [0.25, 0.3) is 0 Å². The molecule has 166 valence electrons. The van der Waals surface area contributed by atoms with Gasteiger partial charge in [0.25, 0.3) is 0 Å². The van der Waals surface area contributed by atoms with Crippen molar-refractivity contribution in [1.29, 1.82) is 0 Å². The molecule has 12 heteroatoms. The third kappa shape index (κ3) is 11.0. The summed E-state index contributed by atoms with van der Waals surface area (Å²) in [6.45, 7) is 4.41. The number of carbonyl (C=O) groups excluding carboxylic acids is 3. The summed E-state index contributed by atoms with van der Waals surface area (Å²) in [5, 5.41) is 33.9. The van der Waals surface area contributed by atoms with Crippen molar-refractivity contribution >= 4 is 29.7 Å². The maximum absolute atomic E-state index is 12.3. The van der Waals surface area contributed by atoms with Crippen LogP contribution in [0.1, 0.15) is 40.0 Å². The number of amides is 3. The Balaban J connectivity index is 4.93. The Kier molecular flexibility index (Phi) is 11.5. The highest BCUT2D eigenvalue weighted by Crippen LogP contribution is 2.03. The van der Waals surface area contributed by atoms with Crippen LogP contribution in [0.3, 0.4) is 0 Å². The van der Waals surface area contributed by atoms with E-state index in [2.05, 4.69) is 10.6 Å². The first-order valence-corrected chi connectivity index (χ1v) is 9.10. The highest BCUT2D eigenvalue weighted by molar-refractivity contribution is 5.92. The van der Waals surface area contributed by atoms with Crippen molar-refractivity contribution in [3.63, 3.8) is 0 Å². The Bertz CT molecular complexity index is 608. The van der Waals surface area contributed by atoms with Crippen LogP contribution in [0.4, 0.5) is 0 Å². The van der Waals surface area contributed by atoms with Crippen LogP contribution in [0, 0.1) is 5.92 Å². The van der Waals surface area contributed by atoms with Gasteiger partial charge >= 0.3 is 11.9 Å². The average molecular weight is 418 g/mol. The van der Waals surface area contributed by atoms with Crippen LogP contribution < -0.4 is 21.7 Å². The molecule has 4 atom stereocenters. The zero-order chi connectivity index (χ0) is 22.7. The molecule has 4 unspecified atom stereocenters. The highest BCUT2D eigenvalue weighted by atomic mass is 16.4. The molecular formula is C17H30N4O8. The van der Waals surface area contributed by atoms with Gasteiger partial charge in [0, 0.05) is 6.42 Å². The number of aliphatic hydroxyl groups excluding tert-OH is 1. The van der Waals surface area contributed by atoms with Gasteiger partial charge in [-0.3, -0.25) is 19.2 Å². The van der Waals surface area contributed by atoms with E-state index in [0.717, 1.165) is 6.92 Å². The van der Waals surface area contributed by atoms with Gasteiger partial charge in [-0.15, -0.1) is 0 Å². The molecule has 3 amide bonds. The van der Waals surface area contributed by atoms with Crippen LogP contribution in [0.2, 0.25) is 0 Å². The molecule has 0 radical (unpaired) electrons. The maximum Gasteiger partial charge on any atom is 0.328 e. The number of nitrogens with two attached hydrogens (primary N) is 1. The van der Waals surface area contributed by atoms with Crippen LogP contribution >= 0.6 is 0 Å². The van der Waals surface area contributed by atoms with Gasteiger partial charge in [0.1, 0.15) is 6.04 Å². The first-order valence-electron chi connectivity index (χ1n) is 9.10. The summed E-state index contributed by atoms with van der Waals surface area (Å²) in [5.41, 5.74) is 5.69. The number of carbonyl (C=O) groups is 5. The van der Waals surface area contributed by atoms with Crippen molar-refractivity contribution in [2.75, 3.05) is 6.54 Å². The Labute approximate surface area is 168 Å². The summed E-state index contributed by atoms with van der Waals surface area (Å²) in [4.78, 5) is 58.0. The molecule has 0 aromatic heterocycles. The summed E-state index contributed by atoms with van der Waals surface area (Å²) in [6, 6.07) is -3.82. The standard InChI is InChI=1S/C17H30N4O8/c1-8(2)6-10(18)15(26)19-7-12(23)20-11(4-5-13(24)25)16(27)21-14(9(3)22)17(28)29/h8-11,14,22H,4-7,18H2,1-3H3,(H,19,26)(H,20,23)(H,21,27)(H,24,25)(H,28,29). The molecular weight excluding hydrogens is 388 g/mol. The number of rotatable bonds is 13. The van der Waals surface area contributed by atoms with Crippen molar-refractivity contribution < 1.29 is 39.3 Å². The molecule has 0 saturated carbocycles. The monoisotopic (exact) mass is 418 g/mol. The number of aliphatic hydroxyl groups is 1. The number of nitrogens with one attached hydrogen (secondary N) is 3. The van der Waals surface area contributed by atoms with E-state index in [4.69, 9.17) is 15.9 Å². The molecule has 0 aliphatic carbocycles. The van der Waals surface area contributed by atoms with Crippen molar-refractivity contribution in [2.24, 2.45) is 11.7 Å². The van der Waals surface area contributed by atoms with Crippen molar-refractivity contribution in [2.45, 2.75) is 64.3 Å². The lowest BCUT2D eigenvalue weighted by Crippen LogP contribution is -2.56. The van der Waals surface area contributed by atoms with E-state index in [9.17, 15) is 29.1 Å². The fraction of sp³-hybridized carbons (Fsp3) is 0.706. The molecule has 0 fully saturated rings. The second kappa shape index (κ2) is 12.7. The van der Waals surface area contributed by atoms with Crippen LogP contribution in [-0.4, -0.2) is 75.8 Å². The van der Waals surface area contributed by atoms with Gasteiger partial charge < -0.3 is 37.0 Å². The van der Waals surface area contributed by atoms with Gasteiger partial charge in [0.15, 0.2) is 6.04 Å². The molecule has 0 spiro atoms. The Morgan fingerprint density at radius 3 is 2.00 bits per heavy atom. The molecule has 0 saturated heterocycles. The molecule has 0 aliphatic heterocycles. The lowest BCUT2D eigenvalue weighted by molar-refractivity contribution is -0.145. The lowest BCUT2D eigenvalue weighted by atomic mass is 10.0. The molecule has 0 heterocycles. The smallest absolute Gasteiger partial charge is 0.328 e. The van der Waals surface area contributed by atoms with Crippen molar-refractivity contribution in [3.8, 4) is 0 Å². The zero-order valence-corrected chi connectivity index (χ0v) is 16.7. The fourth-order valence-electron chi connectivity index (χ4n) is 2.34. The summed E-state index contributed by atoms with van der Waals surface area (Å²) >= 11 is 0. The van der Waals surface area contributed by atoms with Gasteiger partial charge in [-0.05, 0) is 25.7 Å². The molecule has 0 aromatic rings. The number of aliphatic carboxylic acids is 2. The minimum atomic E-state index is -1.64. The number of hydrogen-bond acceptors (Lipinski definition) is 7. The molecule has 0 aliphatic rings. The number of carboxylic acids is 2. The van der Waals surface area contributed by atoms with Crippen LogP contribution in [0.5, 0.6) is 0 Å². The summed E-state index contributed by atoms with van der Waals surface area (Å²) in [6.07, 6.45) is -1.81. The summed E-state index contributed by atoms with van der Waals surface area (Å²) in [7, 11) is 0. The predicted molar refractivity (Wildman–Crippen MR) is 100 cm³/mol. The second-order valence-electron chi connectivity index (χ2n) is 7.07. The van der Waals surface area contributed by atoms with E-state index >= 15 is 0 Å². The SMILES string of the molecule is CC(C)CC(N)C(=O)NCC(=O)NC(CCC(=O)O)C(=O)NC(C(=O)O)C(C)O. The first kappa shape index (κ1) is 26.3. The van der Waals surface area contributed by atoms with Crippen molar-refractivity contribution in [1.82, 2.24) is 16.0 Å². The van der Waals surface area contributed by atoms with E-state index in [1.54, 1.807) is 0 Å². The Morgan fingerprint density at radius 2 is 1.55 bits per heavy atom. The number of hydrogen-bond donors (Lipinski definition) is 7. The van der Waals surface area contributed by atoms with Gasteiger partial charge in [-0.25, -0.2) is 4.79 Å². The third-order valence-corrected chi connectivity index (χ3v) is 3.83. The van der Waals surface area contributed by atoms with E-state index in [1.807, 2.05) is 19.2 Å². The molecule has 29 heavy (non-hydrogen) atoms. The molecule has 0 rings (SSSR count). The van der Waals surface area contributed by atoms with E-state index < -0.39 is 66.9 Å². The minimum Gasteiger partial charge on any atom is -0.481 e. The van der Waals surface area contributed by atoms with Gasteiger partial charge in [0.05, 0.1) is 18.7 Å². The van der Waals surface area contributed by atoms with E-state index in [1.165, 1.54) is 0 Å². The first-order chi connectivity index (χ1) is 13.3. The lowest BCUT2D eigenvalue weighted by Gasteiger charge is -2.22. The largest absolute Gasteiger partial charge is 0.481 e. The molecule has 12 nitrogen and oxygen atoms in total. The second-order valence-corrected chi connectivity index (χ2v) is 7.07. The van der Waals surface area contributed by atoms with E-state index in [-0.39, 0.29) is 12.3 Å². The number of carboxylic acid groups (broad SMARTS) is 2. The van der Waals surface area contributed by atoms with Crippen LogP contribution in [-0.2, 0) is 24.0 Å². The third-order valence-electron chi connectivity index (χ3n) is 3.83. The summed E-state index contributed by atoms with van der Waals surface area (Å²) < 4.78 is 0. The van der Waals surface area contributed by atoms with Gasteiger partial charge in [0.2, 0.25) is 17.7 Å². The van der Waals surface area contributed by atoms with E-state index in [0.29, 0.717) is 6.42 Å². The van der Waals surface area contributed by atoms with Crippen LogP contribution in [0.15, 0.2) is 0 Å². The normalized spacial score (nSPS) is 15.0. The molecule has 8 N–H and O–H groups in total. The van der Waals surface area contributed by atoms with Gasteiger partial charge in [-0.1, -0.05) is 13.8 Å². The Hall–Kier alpha value is -2.73. The van der Waals surface area contributed by atoms with Crippen molar-refractivity contribution in [3.05, 3.63) is 0 Å². The topological polar surface area (TPSA) is 208 Å². The predicted octanol–water partition coefficient (Wildman–Crippen LogP) is -2.22. The zero-order valence-electron chi connectivity index (χ0n) is 16.7. The highest BCUT2D eigenvalue weighted by Gasteiger charge is 2.29. The minimum absolute atomic E-state index is 0.171. The van der Waals surface area contributed by atoms with Gasteiger partial charge in [-0.2, -0.15) is 0 Å². The Morgan fingerprint density at radius 1 is 0.966 bits per heavy atom. The molecule has 0 aromatic carbocycles. The molecule has 0 bridgehead atoms. The fourth-order valence-corrected chi connectivity index (χ4v) is 2.34.